The highest BCUT2D eigenvalue weighted by Gasteiger charge is 2.39. The van der Waals surface area contributed by atoms with Crippen LogP contribution in [0.2, 0.25) is 0 Å². The van der Waals surface area contributed by atoms with Gasteiger partial charge in [-0.1, -0.05) is 6.07 Å². The third kappa shape index (κ3) is 1.75. The Balaban J connectivity index is 2.23. The number of nitriles is 1. The SMILES string of the molecule is COc1cccc(C#N)c1N1C(=O)c2ccncc2C1=O. The molecule has 0 saturated heterocycles. The van der Waals surface area contributed by atoms with Gasteiger partial charge in [0.25, 0.3) is 11.8 Å². The minimum absolute atomic E-state index is 0.161. The fraction of sp³-hybridized carbons (Fsp3) is 0.0667. The number of amides is 2. The first-order valence-corrected chi connectivity index (χ1v) is 6.09. The lowest BCUT2D eigenvalue weighted by Gasteiger charge is -2.18. The number of ether oxygens (including phenoxy) is 1. The largest absolute Gasteiger partial charge is 0.495 e. The predicted molar refractivity (Wildman–Crippen MR) is 73.1 cm³/mol. The molecule has 0 spiro atoms. The fourth-order valence-electron chi connectivity index (χ4n) is 2.30. The Labute approximate surface area is 120 Å². The number of imide groups is 1. The molecule has 21 heavy (non-hydrogen) atoms. The van der Waals surface area contributed by atoms with E-state index in [2.05, 4.69) is 4.98 Å². The number of benzene rings is 1. The van der Waals surface area contributed by atoms with Crippen LogP contribution in [-0.2, 0) is 0 Å². The molecule has 0 saturated carbocycles. The molecule has 2 heterocycles. The molecule has 1 aliphatic heterocycles. The van der Waals surface area contributed by atoms with Crippen LogP contribution in [-0.4, -0.2) is 23.9 Å². The number of carbonyl (C=O) groups excluding carboxylic acids is 2. The summed E-state index contributed by atoms with van der Waals surface area (Å²) >= 11 is 0. The molecule has 2 aromatic rings. The lowest BCUT2D eigenvalue weighted by Crippen LogP contribution is -2.30. The van der Waals surface area contributed by atoms with Crippen molar-refractivity contribution < 1.29 is 14.3 Å². The second-order valence-corrected chi connectivity index (χ2v) is 4.34. The van der Waals surface area contributed by atoms with E-state index in [1.54, 1.807) is 12.1 Å². The highest BCUT2D eigenvalue weighted by molar-refractivity contribution is 6.35. The van der Waals surface area contributed by atoms with Crippen molar-refractivity contribution >= 4 is 17.5 Å². The average molecular weight is 279 g/mol. The molecule has 0 atom stereocenters. The van der Waals surface area contributed by atoms with Crippen LogP contribution in [0.3, 0.4) is 0 Å². The average Bonchev–Trinajstić information content (AvgIpc) is 2.78. The Bertz CT molecular complexity index is 773. The number of aromatic nitrogens is 1. The number of carbonyl (C=O) groups is 2. The molecule has 1 aliphatic rings. The van der Waals surface area contributed by atoms with Gasteiger partial charge in [-0.25, -0.2) is 4.90 Å². The standard InChI is InChI=1S/C15H9N3O3/c1-21-12-4-2-3-9(7-16)13(12)18-14(19)10-5-6-17-8-11(10)15(18)20/h2-6,8H,1H3. The first-order valence-electron chi connectivity index (χ1n) is 6.09. The number of para-hydroxylation sites is 1. The Kier molecular flexibility index (Phi) is 2.88. The number of hydrogen-bond acceptors (Lipinski definition) is 5. The van der Waals surface area contributed by atoms with Crippen LogP contribution in [0.15, 0.2) is 36.7 Å². The second-order valence-electron chi connectivity index (χ2n) is 4.34. The van der Waals surface area contributed by atoms with Crippen molar-refractivity contribution in [2.45, 2.75) is 0 Å². The normalized spacial score (nSPS) is 13.0. The maximum absolute atomic E-state index is 12.5. The molecule has 0 aliphatic carbocycles. The van der Waals surface area contributed by atoms with Gasteiger partial charge in [0.15, 0.2) is 0 Å². The van der Waals surface area contributed by atoms with Crippen LogP contribution in [0.5, 0.6) is 5.75 Å². The minimum atomic E-state index is -0.510. The highest BCUT2D eigenvalue weighted by atomic mass is 16.5. The van der Waals surface area contributed by atoms with E-state index in [1.165, 1.54) is 31.6 Å². The van der Waals surface area contributed by atoms with Gasteiger partial charge in [-0.3, -0.25) is 14.6 Å². The van der Waals surface area contributed by atoms with Gasteiger partial charge in [0.2, 0.25) is 0 Å². The van der Waals surface area contributed by atoms with Crippen molar-refractivity contribution in [3.8, 4) is 11.8 Å². The number of nitrogens with zero attached hydrogens (tertiary/aromatic N) is 3. The van der Waals surface area contributed by atoms with Crippen molar-refractivity contribution in [3.05, 3.63) is 53.3 Å². The predicted octanol–water partition coefficient (Wildman–Crippen LogP) is 1.76. The summed E-state index contributed by atoms with van der Waals surface area (Å²) in [5, 5.41) is 9.22. The van der Waals surface area contributed by atoms with E-state index in [4.69, 9.17) is 4.74 Å². The molecule has 1 aromatic carbocycles. The van der Waals surface area contributed by atoms with Crippen molar-refractivity contribution in [1.29, 1.82) is 5.26 Å². The Morgan fingerprint density at radius 2 is 1.95 bits per heavy atom. The second kappa shape index (κ2) is 4.72. The summed E-state index contributed by atoms with van der Waals surface area (Å²) in [5.74, 6) is -0.709. The molecule has 0 bridgehead atoms. The van der Waals surface area contributed by atoms with Crippen molar-refractivity contribution in [3.63, 3.8) is 0 Å². The van der Waals surface area contributed by atoms with Crippen LogP contribution < -0.4 is 9.64 Å². The zero-order chi connectivity index (χ0) is 15.0. The molecule has 0 fully saturated rings. The van der Waals surface area contributed by atoms with Crippen molar-refractivity contribution in [2.24, 2.45) is 0 Å². The molecule has 1 aromatic heterocycles. The lowest BCUT2D eigenvalue weighted by atomic mass is 10.1. The van der Waals surface area contributed by atoms with Gasteiger partial charge < -0.3 is 4.74 Å². The van der Waals surface area contributed by atoms with Crippen molar-refractivity contribution in [2.75, 3.05) is 12.0 Å². The number of pyridine rings is 1. The number of fused-ring (bicyclic) bond motifs is 1. The van der Waals surface area contributed by atoms with Gasteiger partial charge in [0.05, 0.1) is 23.8 Å². The maximum Gasteiger partial charge on any atom is 0.267 e. The zero-order valence-corrected chi connectivity index (χ0v) is 11.0. The molecular weight excluding hydrogens is 270 g/mol. The van der Waals surface area contributed by atoms with Gasteiger partial charge in [-0.05, 0) is 18.2 Å². The van der Waals surface area contributed by atoms with Gasteiger partial charge >= 0.3 is 0 Å². The van der Waals surface area contributed by atoms with Gasteiger partial charge in [0.1, 0.15) is 17.5 Å². The van der Waals surface area contributed by atoms with E-state index in [0.717, 1.165) is 4.90 Å². The summed E-state index contributed by atoms with van der Waals surface area (Å²) in [6.07, 6.45) is 2.79. The van der Waals surface area contributed by atoms with E-state index in [9.17, 15) is 14.9 Å². The number of hydrogen-bond donors (Lipinski definition) is 0. The summed E-state index contributed by atoms with van der Waals surface area (Å²) in [5.41, 5.74) is 0.840. The van der Waals surface area contributed by atoms with Gasteiger partial charge in [-0.2, -0.15) is 5.26 Å². The Morgan fingerprint density at radius 1 is 1.19 bits per heavy atom. The monoisotopic (exact) mass is 279 g/mol. The summed E-state index contributed by atoms with van der Waals surface area (Å²) in [6, 6.07) is 8.20. The molecule has 0 unspecified atom stereocenters. The van der Waals surface area contributed by atoms with E-state index in [-0.39, 0.29) is 28.1 Å². The topological polar surface area (TPSA) is 83.3 Å². The number of anilines is 1. The maximum atomic E-state index is 12.5. The summed E-state index contributed by atoms with van der Waals surface area (Å²) in [7, 11) is 1.42. The number of methoxy groups -OCH3 is 1. The van der Waals surface area contributed by atoms with Crippen LogP contribution in [0.4, 0.5) is 5.69 Å². The fourth-order valence-corrected chi connectivity index (χ4v) is 2.30. The summed E-state index contributed by atoms with van der Waals surface area (Å²) < 4.78 is 5.18. The van der Waals surface area contributed by atoms with E-state index in [0.29, 0.717) is 0 Å². The molecule has 0 radical (unpaired) electrons. The first-order chi connectivity index (χ1) is 10.2. The van der Waals surface area contributed by atoms with Gasteiger partial charge in [0, 0.05) is 12.4 Å². The van der Waals surface area contributed by atoms with Crippen LogP contribution >= 0.6 is 0 Å². The summed E-state index contributed by atoms with van der Waals surface area (Å²) in [6.45, 7) is 0. The van der Waals surface area contributed by atoms with E-state index < -0.39 is 11.8 Å². The third-order valence-electron chi connectivity index (χ3n) is 3.25. The Hall–Kier alpha value is -3.20. The first kappa shape index (κ1) is 12.8. The van der Waals surface area contributed by atoms with Crippen LogP contribution in [0, 0.1) is 11.3 Å². The molecule has 6 nitrogen and oxygen atoms in total. The zero-order valence-electron chi connectivity index (χ0n) is 11.0. The van der Waals surface area contributed by atoms with E-state index >= 15 is 0 Å². The molecule has 102 valence electrons. The Morgan fingerprint density at radius 3 is 2.62 bits per heavy atom. The summed E-state index contributed by atoms with van der Waals surface area (Å²) in [4.78, 5) is 29.7. The molecule has 2 amide bonds. The van der Waals surface area contributed by atoms with Crippen LogP contribution in [0.1, 0.15) is 26.3 Å². The van der Waals surface area contributed by atoms with Crippen LogP contribution in [0.25, 0.3) is 0 Å². The molecule has 6 heteroatoms. The molecule has 0 N–H and O–H groups in total. The molecular formula is C15H9N3O3. The minimum Gasteiger partial charge on any atom is -0.495 e. The third-order valence-corrected chi connectivity index (χ3v) is 3.25. The smallest absolute Gasteiger partial charge is 0.267 e. The molecule has 3 rings (SSSR count). The van der Waals surface area contributed by atoms with E-state index in [1.807, 2.05) is 6.07 Å². The number of rotatable bonds is 2. The lowest BCUT2D eigenvalue weighted by molar-refractivity contribution is 0.0925. The quantitative estimate of drug-likeness (QED) is 0.782. The van der Waals surface area contributed by atoms with Crippen molar-refractivity contribution in [1.82, 2.24) is 4.98 Å². The highest BCUT2D eigenvalue weighted by Crippen LogP contribution is 2.36. The van der Waals surface area contributed by atoms with Gasteiger partial charge in [-0.15, -0.1) is 0 Å².